The van der Waals surface area contributed by atoms with Crippen LogP contribution in [0.2, 0.25) is 0 Å². The highest BCUT2D eigenvalue weighted by Gasteiger charge is 2.22. The number of hydrogen-bond acceptors (Lipinski definition) is 3. The first-order valence-electron chi connectivity index (χ1n) is 6.69. The van der Waals surface area contributed by atoms with Crippen molar-refractivity contribution >= 4 is 5.91 Å². The second kappa shape index (κ2) is 6.36. The van der Waals surface area contributed by atoms with Crippen molar-refractivity contribution in [1.82, 2.24) is 10.2 Å². The molecule has 1 aliphatic rings. The highest BCUT2D eigenvalue weighted by atomic mass is 16.2. The number of nitrogens with zero attached hydrogens (tertiary/aromatic N) is 1. The highest BCUT2D eigenvalue weighted by Crippen LogP contribution is 2.10. The van der Waals surface area contributed by atoms with E-state index in [1.54, 1.807) is 13.8 Å². The molecule has 17 heavy (non-hydrogen) atoms. The maximum atomic E-state index is 11.6. The van der Waals surface area contributed by atoms with Crippen LogP contribution in [0, 0.1) is 5.92 Å². The number of rotatable bonds is 5. The molecular formula is C13H27N3O. The molecule has 1 atom stereocenters. The quantitative estimate of drug-likeness (QED) is 0.754. The summed E-state index contributed by atoms with van der Waals surface area (Å²) in [5.74, 6) is 0.419. The molecule has 100 valence electrons. The second-order valence-corrected chi connectivity index (χ2v) is 5.90. The minimum absolute atomic E-state index is 0.0667. The summed E-state index contributed by atoms with van der Waals surface area (Å²) in [6.07, 6.45) is 3.99. The standard InChI is InChI=1S/C13H27N3O/c1-11(9-15-12(17)13(2,3)14)10-16-7-5-4-6-8-16/h11H,4-10,14H2,1-3H3,(H,15,17). The van der Waals surface area contributed by atoms with E-state index >= 15 is 0 Å². The van der Waals surface area contributed by atoms with Gasteiger partial charge in [-0.2, -0.15) is 0 Å². The summed E-state index contributed by atoms with van der Waals surface area (Å²) in [5.41, 5.74) is 4.95. The normalized spacial score (nSPS) is 20.0. The molecule has 3 N–H and O–H groups in total. The SMILES string of the molecule is CC(CNC(=O)C(C)(C)N)CN1CCCCC1. The van der Waals surface area contributed by atoms with E-state index in [4.69, 9.17) is 5.73 Å². The zero-order chi connectivity index (χ0) is 12.9. The van der Waals surface area contributed by atoms with Gasteiger partial charge in [0.25, 0.3) is 0 Å². The van der Waals surface area contributed by atoms with Crippen LogP contribution < -0.4 is 11.1 Å². The lowest BCUT2D eigenvalue weighted by Crippen LogP contribution is -2.50. The Kier molecular flexibility index (Phi) is 5.40. The molecule has 1 heterocycles. The fourth-order valence-corrected chi connectivity index (χ4v) is 2.14. The van der Waals surface area contributed by atoms with E-state index in [2.05, 4.69) is 17.1 Å². The van der Waals surface area contributed by atoms with Crippen molar-refractivity contribution in [2.24, 2.45) is 11.7 Å². The monoisotopic (exact) mass is 241 g/mol. The number of hydrogen-bond donors (Lipinski definition) is 2. The van der Waals surface area contributed by atoms with Crippen LogP contribution in [-0.2, 0) is 4.79 Å². The van der Waals surface area contributed by atoms with E-state index in [1.807, 2.05) is 0 Å². The molecule has 0 bridgehead atoms. The van der Waals surface area contributed by atoms with Gasteiger partial charge in [-0.15, -0.1) is 0 Å². The topological polar surface area (TPSA) is 58.4 Å². The molecule has 1 saturated heterocycles. The zero-order valence-electron chi connectivity index (χ0n) is 11.5. The van der Waals surface area contributed by atoms with Gasteiger partial charge in [-0.05, 0) is 45.7 Å². The van der Waals surface area contributed by atoms with Gasteiger partial charge in [0, 0.05) is 13.1 Å². The molecule has 1 fully saturated rings. The molecule has 0 spiro atoms. The first-order valence-corrected chi connectivity index (χ1v) is 6.69. The number of amides is 1. The average Bonchev–Trinajstić information content (AvgIpc) is 2.26. The number of likely N-dealkylation sites (tertiary alicyclic amines) is 1. The molecule has 0 radical (unpaired) electrons. The third kappa shape index (κ3) is 5.50. The molecule has 0 aliphatic carbocycles. The fraction of sp³-hybridized carbons (Fsp3) is 0.923. The van der Waals surface area contributed by atoms with Crippen molar-refractivity contribution in [3.05, 3.63) is 0 Å². The molecule has 1 aliphatic heterocycles. The van der Waals surface area contributed by atoms with Crippen molar-refractivity contribution in [3.63, 3.8) is 0 Å². The second-order valence-electron chi connectivity index (χ2n) is 5.90. The Morgan fingerprint density at radius 3 is 2.47 bits per heavy atom. The van der Waals surface area contributed by atoms with Crippen molar-refractivity contribution < 1.29 is 4.79 Å². The van der Waals surface area contributed by atoms with Gasteiger partial charge in [0.05, 0.1) is 5.54 Å². The van der Waals surface area contributed by atoms with E-state index in [0.29, 0.717) is 5.92 Å². The maximum Gasteiger partial charge on any atom is 0.239 e. The number of nitrogens with two attached hydrogens (primary N) is 1. The molecule has 4 heteroatoms. The molecule has 0 aromatic rings. The number of piperidine rings is 1. The number of carbonyl (C=O) groups is 1. The largest absolute Gasteiger partial charge is 0.354 e. The molecule has 4 nitrogen and oxygen atoms in total. The summed E-state index contributed by atoms with van der Waals surface area (Å²) in [6, 6.07) is 0. The third-order valence-corrected chi connectivity index (χ3v) is 3.21. The number of nitrogens with one attached hydrogen (secondary N) is 1. The summed E-state index contributed by atoms with van der Waals surface area (Å²) in [7, 11) is 0. The van der Waals surface area contributed by atoms with Gasteiger partial charge in [0.2, 0.25) is 5.91 Å². The Morgan fingerprint density at radius 2 is 1.94 bits per heavy atom. The Labute approximate surface area is 105 Å². The van der Waals surface area contributed by atoms with Crippen LogP contribution in [0.4, 0.5) is 0 Å². The van der Waals surface area contributed by atoms with Crippen LogP contribution in [0.15, 0.2) is 0 Å². The minimum Gasteiger partial charge on any atom is -0.354 e. The van der Waals surface area contributed by atoms with Gasteiger partial charge in [-0.3, -0.25) is 4.79 Å². The van der Waals surface area contributed by atoms with Crippen LogP contribution in [0.5, 0.6) is 0 Å². The van der Waals surface area contributed by atoms with Gasteiger partial charge in [0.15, 0.2) is 0 Å². The summed E-state index contributed by atoms with van der Waals surface area (Å²) in [6.45, 7) is 9.86. The lowest BCUT2D eigenvalue weighted by molar-refractivity contribution is -0.125. The molecule has 0 saturated carbocycles. The smallest absolute Gasteiger partial charge is 0.239 e. The van der Waals surface area contributed by atoms with E-state index in [1.165, 1.54) is 32.4 Å². The average molecular weight is 241 g/mol. The Morgan fingerprint density at radius 1 is 1.35 bits per heavy atom. The predicted octanol–water partition coefficient (Wildman–Crippen LogP) is 0.962. The molecular weight excluding hydrogens is 214 g/mol. The fourth-order valence-electron chi connectivity index (χ4n) is 2.14. The molecule has 1 amide bonds. The van der Waals surface area contributed by atoms with Gasteiger partial charge >= 0.3 is 0 Å². The zero-order valence-corrected chi connectivity index (χ0v) is 11.5. The van der Waals surface area contributed by atoms with E-state index < -0.39 is 5.54 Å². The predicted molar refractivity (Wildman–Crippen MR) is 70.7 cm³/mol. The van der Waals surface area contributed by atoms with Crippen molar-refractivity contribution in [3.8, 4) is 0 Å². The summed E-state index contributed by atoms with van der Waals surface area (Å²) in [4.78, 5) is 14.1. The van der Waals surface area contributed by atoms with Gasteiger partial charge in [0.1, 0.15) is 0 Å². The minimum atomic E-state index is -0.773. The number of carbonyl (C=O) groups excluding carboxylic acids is 1. The Bertz CT molecular complexity index is 242. The summed E-state index contributed by atoms with van der Waals surface area (Å²) < 4.78 is 0. The maximum absolute atomic E-state index is 11.6. The van der Waals surface area contributed by atoms with Crippen LogP contribution >= 0.6 is 0 Å². The van der Waals surface area contributed by atoms with Crippen molar-refractivity contribution in [2.75, 3.05) is 26.2 Å². The van der Waals surface area contributed by atoms with E-state index in [9.17, 15) is 4.79 Å². The van der Waals surface area contributed by atoms with Gasteiger partial charge < -0.3 is 16.0 Å². The molecule has 1 rings (SSSR count). The Hall–Kier alpha value is -0.610. The third-order valence-electron chi connectivity index (χ3n) is 3.21. The first-order chi connectivity index (χ1) is 7.89. The lowest BCUT2D eigenvalue weighted by atomic mass is 10.0. The highest BCUT2D eigenvalue weighted by molar-refractivity contribution is 5.84. The van der Waals surface area contributed by atoms with Gasteiger partial charge in [-0.25, -0.2) is 0 Å². The van der Waals surface area contributed by atoms with Crippen LogP contribution in [-0.4, -0.2) is 42.5 Å². The van der Waals surface area contributed by atoms with Crippen molar-refractivity contribution in [2.45, 2.75) is 45.6 Å². The molecule has 0 aromatic heterocycles. The van der Waals surface area contributed by atoms with Gasteiger partial charge in [-0.1, -0.05) is 13.3 Å². The van der Waals surface area contributed by atoms with Crippen LogP contribution in [0.1, 0.15) is 40.0 Å². The van der Waals surface area contributed by atoms with Crippen LogP contribution in [0.25, 0.3) is 0 Å². The Balaban J connectivity index is 2.20. The summed E-state index contributed by atoms with van der Waals surface area (Å²) in [5, 5.41) is 2.92. The van der Waals surface area contributed by atoms with E-state index in [-0.39, 0.29) is 5.91 Å². The van der Waals surface area contributed by atoms with Crippen LogP contribution in [0.3, 0.4) is 0 Å². The van der Waals surface area contributed by atoms with E-state index in [0.717, 1.165) is 13.1 Å². The molecule has 0 aromatic carbocycles. The molecule has 1 unspecified atom stereocenters. The van der Waals surface area contributed by atoms with Crippen molar-refractivity contribution in [1.29, 1.82) is 0 Å². The first kappa shape index (κ1) is 14.5. The lowest BCUT2D eigenvalue weighted by Gasteiger charge is -2.29. The summed E-state index contributed by atoms with van der Waals surface area (Å²) >= 11 is 0.